The number of carbonyl (C=O) groups excluding carboxylic acids is 2. The van der Waals surface area contributed by atoms with Crippen LogP contribution in [0.3, 0.4) is 0 Å². The number of carbonyl (C=O) groups is 2. The number of nitrogens with one attached hydrogen (secondary N) is 1. The predicted octanol–water partition coefficient (Wildman–Crippen LogP) is 3.69. The van der Waals surface area contributed by atoms with Crippen molar-refractivity contribution in [1.29, 1.82) is 0 Å². The zero-order chi connectivity index (χ0) is 20.8. The van der Waals surface area contributed by atoms with Crippen LogP contribution >= 0.6 is 0 Å². The van der Waals surface area contributed by atoms with Gasteiger partial charge in [-0.25, -0.2) is 0 Å². The van der Waals surface area contributed by atoms with Crippen molar-refractivity contribution in [3.8, 4) is 0 Å². The van der Waals surface area contributed by atoms with Crippen molar-refractivity contribution in [1.82, 2.24) is 15.1 Å². The molecule has 2 saturated heterocycles. The fourth-order valence-corrected chi connectivity index (χ4v) is 4.69. The molecule has 2 aliphatic rings. The molecule has 2 aliphatic heterocycles. The summed E-state index contributed by atoms with van der Waals surface area (Å²) in [6, 6.07) is 19.7. The van der Waals surface area contributed by atoms with Crippen molar-refractivity contribution in [3.63, 3.8) is 0 Å². The molecule has 5 heteroatoms. The second-order valence-corrected chi connectivity index (χ2v) is 8.27. The average Bonchev–Trinajstić information content (AvgIpc) is 3.32. The Bertz CT molecular complexity index is 834. The van der Waals surface area contributed by atoms with Crippen LogP contribution in [0.2, 0.25) is 0 Å². The van der Waals surface area contributed by atoms with Crippen molar-refractivity contribution in [2.24, 2.45) is 0 Å². The van der Waals surface area contributed by atoms with Gasteiger partial charge in [-0.05, 0) is 49.9 Å². The molecule has 5 nitrogen and oxygen atoms in total. The standard InChI is InChI=1S/C25H31N3O2/c29-23-15-7-8-18-28(23)24(21-13-5-2-6-14-21)25(30)26-19-22(27-16-9-10-17-27)20-11-3-1-4-12-20/h1-6,11-14,22,24H,7-10,15-19H2,(H,26,30). The lowest BCUT2D eigenvalue weighted by molar-refractivity contribution is -0.142. The van der Waals surface area contributed by atoms with Crippen LogP contribution in [-0.4, -0.2) is 47.8 Å². The van der Waals surface area contributed by atoms with Gasteiger partial charge in [0.15, 0.2) is 0 Å². The Kier molecular flexibility index (Phi) is 6.80. The van der Waals surface area contributed by atoms with E-state index in [9.17, 15) is 9.59 Å². The molecule has 2 aromatic rings. The van der Waals surface area contributed by atoms with Crippen molar-refractivity contribution in [2.45, 2.75) is 44.2 Å². The van der Waals surface area contributed by atoms with Crippen LogP contribution in [0.25, 0.3) is 0 Å². The molecular weight excluding hydrogens is 374 g/mol. The van der Waals surface area contributed by atoms with Crippen LogP contribution in [0.15, 0.2) is 60.7 Å². The maximum atomic E-state index is 13.4. The molecule has 2 fully saturated rings. The van der Waals surface area contributed by atoms with Crippen molar-refractivity contribution in [3.05, 3.63) is 71.8 Å². The van der Waals surface area contributed by atoms with Crippen LogP contribution < -0.4 is 5.32 Å². The van der Waals surface area contributed by atoms with Gasteiger partial charge in [0.1, 0.15) is 6.04 Å². The van der Waals surface area contributed by atoms with E-state index < -0.39 is 6.04 Å². The molecule has 1 N–H and O–H groups in total. The van der Waals surface area contributed by atoms with Crippen LogP contribution in [0.1, 0.15) is 55.3 Å². The van der Waals surface area contributed by atoms with Gasteiger partial charge in [-0.15, -0.1) is 0 Å². The van der Waals surface area contributed by atoms with Crippen LogP contribution in [0, 0.1) is 0 Å². The predicted molar refractivity (Wildman–Crippen MR) is 118 cm³/mol. The Morgan fingerprint density at radius 2 is 1.43 bits per heavy atom. The van der Waals surface area contributed by atoms with E-state index in [0.29, 0.717) is 19.5 Å². The summed E-state index contributed by atoms with van der Waals surface area (Å²) in [6.07, 6.45) is 4.78. The highest BCUT2D eigenvalue weighted by molar-refractivity contribution is 5.89. The van der Waals surface area contributed by atoms with E-state index in [2.05, 4.69) is 34.5 Å². The Hall–Kier alpha value is -2.66. The number of nitrogens with zero attached hydrogens (tertiary/aromatic N) is 2. The van der Waals surface area contributed by atoms with E-state index >= 15 is 0 Å². The first-order valence-corrected chi connectivity index (χ1v) is 11.1. The van der Waals surface area contributed by atoms with Gasteiger partial charge in [0.2, 0.25) is 11.8 Å². The fraction of sp³-hybridized carbons (Fsp3) is 0.440. The Balaban J connectivity index is 1.53. The summed E-state index contributed by atoms with van der Waals surface area (Å²) in [5.74, 6) is -0.0130. The SMILES string of the molecule is O=C(NCC(c1ccccc1)N1CCCC1)C(c1ccccc1)N1CCCCC1=O. The number of hydrogen-bond donors (Lipinski definition) is 1. The quantitative estimate of drug-likeness (QED) is 0.764. The highest BCUT2D eigenvalue weighted by atomic mass is 16.2. The molecule has 158 valence electrons. The molecule has 30 heavy (non-hydrogen) atoms. The van der Waals surface area contributed by atoms with Gasteiger partial charge < -0.3 is 10.2 Å². The highest BCUT2D eigenvalue weighted by Crippen LogP contribution is 2.28. The maximum absolute atomic E-state index is 13.4. The van der Waals surface area contributed by atoms with Gasteiger partial charge in [0.05, 0.1) is 6.04 Å². The molecule has 2 aromatic carbocycles. The lowest BCUT2D eigenvalue weighted by atomic mass is 10.00. The first-order chi connectivity index (χ1) is 14.7. The summed E-state index contributed by atoms with van der Waals surface area (Å²) in [6.45, 7) is 3.30. The molecule has 0 aromatic heterocycles. The minimum absolute atomic E-state index is 0.0735. The largest absolute Gasteiger partial charge is 0.352 e. The highest BCUT2D eigenvalue weighted by Gasteiger charge is 2.33. The summed E-state index contributed by atoms with van der Waals surface area (Å²) in [4.78, 5) is 30.3. The second kappa shape index (κ2) is 9.90. The van der Waals surface area contributed by atoms with Gasteiger partial charge in [0, 0.05) is 19.5 Å². The molecule has 0 spiro atoms. The van der Waals surface area contributed by atoms with Gasteiger partial charge in [-0.3, -0.25) is 14.5 Å². The lowest BCUT2D eigenvalue weighted by Crippen LogP contribution is -2.47. The summed E-state index contributed by atoms with van der Waals surface area (Å²) >= 11 is 0. The number of amides is 2. The van der Waals surface area contributed by atoms with Crippen molar-refractivity contribution >= 4 is 11.8 Å². The number of piperidine rings is 1. The molecule has 2 unspecified atom stereocenters. The summed E-state index contributed by atoms with van der Waals surface area (Å²) in [7, 11) is 0. The monoisotopic (exact) mass is 405 g/mol. The molecule has 2 heterocycles. The molecule has 0 radical (unpaired) electrons. The summed E-state index contributed by atoms with van der Waals surface area (Å²) < 4.78 is 0. The smallest absolute Gasteiger partial charge is 0.247 e. The molecule has 0 saturated carbocycles. The van der Waals surface area contributed by atoms with Gasteiger partial charge in [-0.2, -0.15) is 0 Å². The molecule has 2 atom stereocenters. The van der Waals surface area contributed by atoms with E-state index in [1.54, 1.807) is 4.90 Å². The molecule has 2 amide bonds. The number of rotatable bonds is 7. The van der Waals surface area contributed by atoms with Gasteiger partial charge in [0.25, 0.3) is 0 Å². The minimum Gasteiger partial charge on any atom is -0.352 e. The molecule has 0 aliphatic carbocycles. The first-order valence-electron chi connectivity index (χ1n) is 11.1. The number of hydrogen-bond acceptors (Lipinski definition) is 3. The van der Waals surface area contributed by atoms with Crippen LogP contribution in [0.5, 0.6) is 0 Å². The zero-order valence-electron chi connectivity index (χ0n) is 17.5. The third-order valence-electron chi connectivity index (χ3n) is 6.27. The summed E-state index contributed by atoms with van der Waals surface area (Å²) in [5.41, 5.74) is 2.10. The lowest BCUT2D eigenvalue weighted by Gasteiger charge is -2.35. The van der Waals surface area contributed by atoms with E-state index in [4.69, 9.17) is 0 Å². The van der Waals surface area contributed by atoms with E-state index in [0.717, 1.165) is 31.5 Å². The van der Waals surface area contributed by atoms with Crippen LogP contribution in [-0.2, 0) is 9.59 Å². The second-order valence-electron chi connectivity index (χ2n) is 8.27. The minimum atomic E-state index is -0.561. The fourth-order valence-electron chi connectivity index (χ4n) is 4.69. The van der Waals surface area contributed by atoms with E-state index in [1.165, 1.54) is 18.4 Å². The maximum Gasteiger partial charge on any atom is 0.247 e. The number of benzene rings is 2. The Labute approximate surface area is 179 Å². The third-order valence-corrected chi connectivity index (χ3v) is 6.27. The molecular formula is C25H31N3O2. The van der Waals surface area contributed by atoms with Gasteiger partial charge in [-0.1, -0.05) is 60.7 Å². The van der Waals surface area contributed by atoms with Gasteiger partial charge >= 0.3 is 0 Å². The normalized spacial score (nSPS) is 19.5. The molecule has 0 bridgehead atoms. The van der Waals surface area contributed by atoms with Crippen LogP contribution in [0.4, 0.5) is 0 Å². The van der Waals surface area contributed by atoms with Crippen molar-refractivity contribution in [2.75, 3.05) is 26.2 Å². The third kappa shape index (κ3) is 4.73. The Morgan fingerprint density at radius 3 is 2.07 bits per heavy atom. The summed E-state index contributed by atoms with van der Waals surface area (Å²) in [5, 5.41) is 3.20. The topological polar surface area (TPSA) is 52.7 Å². The van der Waals surface area contributed by atoms with E-state index in [-0.39, 0.29) is 17.9 Å². The average molecular weight is 406 g/mol. The van der Waals surface area contributed by atoms with Crippen molar-refractivity contribution < 1.29 is 9.59 Å². The first kappa shape index (κ1) is 20.6. The Morgan fingerprint density at radius 1 is 0.833 bits per heavy atom. The number of likely N-dealkylation sites (tertiary alicyclic amines) is 2. The van der Waals surface area contributed by atoms with E-state index in [1.807, 2.05) is 36.4 Å². The molecule has 4 rings (SSSR count). The zero-order valence-corrected chi connectivity index (χ0v) is 17.5.